The smallest absolute Gasteiger partial charge is 0.323 e. The molecule has 21 heavy (non-hydrogen) atoms. The van der Waals surface area contributed by atoms with Gasteiger partial charge >= 0.3 is 17.9 Å². The van der Waals surface area contributed by atoms with E-state index in [2.05, 4.69) is 4.74 Å². The number of hydrogen-bond acceptors (Lipinski definition) is 7. The molecule has 114 valence electrons. The van der Waals surface area contributed by atoms with Gasteiger partial charge in [0.2, 0.25) is 0 Å². The Bertz CT molecular complexity index is 530. The van der Waals surface area contributed by atoms with Crippen molar-refractivity contribution >= 4 is 23.7 Å². The summed E-state index contributed by atoms with van der Waals surface area (Å²) >= 11 is 0. The van der Waals surface area contributed by atoms with Crippen LogP contribution in [0, 0.1) is 17.3 Å². The van der Waals surface area contributed by atoms with Crippen molar-refractivity contribution in [3.8, 4) is 0 Å². The lowest BCUT2D eigenvalue weighted by molar-refractivity contribution is -0.169. The molecule has 0 aromatic carbocycles. The van der Waals surface area contributed by atoms with Crippen LogP contribution in [-0.2, 0) is 33.4 Å². The Balaban J connectivity index is 2.39. The van der Waals surface area contributed by atoms with Crippen molar-refractivity contribution in [3.63, 3.8) is 0 Å². The lowest BCUT2D eigenvalue weighted by atomic mass is 9.82. The van der Waals surface area contributed by atoms with Gasteiger partial charge in [-0.2, -0.15) is 0 Å². The fourth-order valence-corrected chi connectivity index (χ4v) is 3.21. The summed E-state index contributed by atoms with van der Waals surface area (Å²) in [7, 11) is 3.55. The number of fused-ring (bicyclic) bond motifs is 1. The van der Waals surface area contributed by atoms with E-state index in [1.807, 2.05) is 0 Å². The van der Waals surface area contributed by atoms with Gasteiger partial charge in [-0.15, -0.1) is 0 Å². The van der Waals surface area contributed by atoms with Crippen molar-refractivity contribution in [1.29, 1.82) is 0 Å². The lowest BCUT2D eigenvalue weighted by Gasteiger charge is -2.24. The van der Waals surface area contributed by atoms with Gasteiger partial charge < -0.3 is 14.2 Å². The summed E-state index contributed by atoms with van der Waals surface area (Å²) in [5, 5.41) is 0. The van der Waals surface area contributed by atoms with Gasteiger partial charge in [-0.05, 0) is 18.9 Å². The second-order valence-corrected chi connectivity index (χ2v) is 5.18. The van der Waals surface area contributed by atoms with Gasteiger partial charge in [-0.3, -0.25) is 19.2 Å². The molecule has 7 nitrogen and oxygen atoms in total. The van der Waals surface area contributed by atoms with Crippen molar-refractivity contribution in [3.05, 3.63) is 11.6 Å². The first-order chi connectivity index (χ1) is 9.91. The predicted octanol–water partition coefficient (Wildman–Crippen LogP) is 0.0271. The third-order valence-corrected chi connectivity index (χ3v) is 4.19. The zero-order valence-corrected chi connectivity index (χ0v) is 12.0. The highest BCUT2D eigenvalue weighted by atomic mass is 16.5. The van der Waals surface area contributed by atoms with Crippen LogP contribution in [-0.4, -0.2) is 45.0 Å². The summed E-state index contributed by atoms with van der Waals surface area (Å²) in [6.07, 6.45) is 1.35. The van der Waals surface area contributed by atoms with Gasteiger partial charge in [0.05, 0.1) is 21.3 Å². The molecule has 2 aliphatic rings. The van der Waals surface area contributed by atoms with E-state index >= 15 is 0 Å². The maximum Gasteiger partial charge on any atom is 0.323 e. The largest absolute Gasteiger partial charge is 0.468 e. The first-order valence-electron chi connectivity index (χ1n) is 6.40. The van der Waals surface area contributed by atoms with Crippen LogP contribution in [0.5, 0.6) is 0 Å². The summed E-state index contributed by atoms with van der Waals surface area (Å²) < 4.78 is 14.0. The second kappa shape index (κ2) is 5.31. The molecular weight excluding hydrogens is 280 g/mol. The SMILES string of the molecule is COC(=O)[C@H]1C(=O)C=C2CC(C(=O)OC)(C(=O)OC)C[C@@H]21. The minimum atomic E-state index is -1.49. The van der Waals surface area contributed by atoms with Crippen LogP contribution in [0.3, 0.4) is 0 Å². The Hall–Kier alpha value is -2.18. The van der Waals surface area contributed by atoms with Crippen molar-refractivity contribution < 1.29 is 33.4 Å². The van der Waals surface area contributed by atoms with Gasteiger partial charge in [-0.25, -0.2) is 0 Å². The highest BCUT2D eigenvalue weighted by Crippen LogP contribution is 2.52. The summed E-state index contributed by atoms with van der Waals surface area (Å²) in [6, 6.07) is 0. The molecule has 2 aliphatic carbocycles. The molecule has 2 atom stereocenters. The maximum absolute atomic E-state index is 12.0. The Morgan fingerprint density at radius 2 is 1.67 bits per heavy atom. The van der Waals surface area contributed by atoms with E-state index in [0.29, 0.717) is 5.57 Å². The molecule has 1 fully saturated rings. The molecule has 0 saturated heterocycles. The fourth-order valence-electron chi connectivity index (χ4n) is 3.21. The molecule has 7 heteroatoms. The van der Waals surface area contributed by atoms with E-state index < -0.39 is 35.2 Å². The molecule has 0 bridgehead atoms. The molecule has 0 unspecified atom stereocenters. The van der Waals surface area contributed by atoms with Crippen LogP contribution >= 0.6 is 0 Å². The standard InChI is InChI=1S/C14H16O7/c1-19-11(16)10-8-6-14(12(17)20-2,13(18)21-3)5-7(8)4-9(10)15/h4,8,10H,5-6H2,1-3H3/t8-,10+/m0/s1. The minimum Gasteiger partial charge on any atom is -0.468 e. The summed E-state index contributed by atoms with van der Waals surface area (Å²) in [5.74, 6) is -3.99. The quantitative estimate of drug-likeness (QED) is 0.412. The van der Waals surface area contributed by atoms with E-state index in [4.69, 9.17) is 9.47 Å². The van der Waals surface area contributed by atoms with Crippen molar-refractivity contribution in [2.75, 3.05) is 21.3 Å². The summed E-state index contributed by atoms with van der Waals surface area (Å²) in [6.45, 7) is 0. The first-order valence-corrected chi connectivity index (χ1v) is 6.40. The Morgan fingerprint density at radius 1 is 1.10 bits per heavy atom. The maximum atomic E-state index is 12.0. The van der Waals surface area contributed by atoms with Crippen LogP contribution in [0.25, 0.3) is 0 Å². The van der Waals surface area contributed by atoms with E-state index in [-0.39, 0.29) is 18.6 Å². The number of carbonyl (C=O) groups is 4. The van der Waals surface area contributed by atoms with Gasteiger partial charge in [0.1, 0.15) is 5.92 Å². The topological polar surface area (TPSA) is 96.0 Å². The molecule has 0 aliphatic heterocycles. The normalized spacial score (nSPS) is 25.9. The average Bonchev–Trinajstić information content (AvgIpc) is 2.98. The molecule has 0 spiro atoms. The first kappa shape index (κ1) is 15.2. The number of rotatable bonds is 3. The minimum absolute atomic E-state index is 0.00366. The molecule has 0 N–H and O–H groups in total. The number of methoxy groups -OCH3 is 3. The molecular formula is C14H16O7. The van der Waals surface area contributed by atoms with Crippen molar-refractivity contribution in [2.45, 2.75) is 12.8 Å². The average molecular weight is 296 g/mol. The predicted molar refractivity (Wildman–Crippen MR) is 67.8 cm³/mol. The number of ketones is 1. The van der Waals surface area contributed by atoms with Crippen molar-refractivity contribution in [1.82, 2.24) is 0 Å². The van der Waals surface area contributed by atoms with Crippen LogP contribution in [0.4, 0.5) is 0 Å². The van der Waals surface area contributed by atoms with E-state index in [9.17, 15) is 19.2 Å². The third-order valence-electron chi connectivity index (χ3n) is 4.19. The zero-order chi connectivity index (χ0) is 15.8. The van der Waals surface area contributed by atoms with E-state index in [0.717, 1.165) is 0 Å². The van der Waals surface area contributed by atoms with E-state index in [1.165, 1.54) is 27.4 Å². The van der Waals surface area contributed by atoms with Crippen LogP contribution in [0.1, 0.15) is 12.8 Å². The Kier molecular flexibility index (Phi) is 3.85. The monoisotopic (exact) mass is 296 g/mol. The van der Waals surface area contributed by atoms with Gasteiger partial charge in [0.15, 0.2) is 11.2 Å². The number of ether oxygens (including phenoxy) is 3. The van der Waals surface area contributed by atoms with E-state index in [1.54, 1.807) is 0 Å². The number of hydrogen-bond donors (Lipinski definition) is 0. The molecule has 0 aromatic heterocycles. The fraction of sp³-hybridized carbons (Fsp3) is 0.571. The van der Waals surface area contributed by atoms with Gasteiger partial charge in [-0.1, -0.05) is 5.57 Å². The molecule has 0 heterocycles. The number of esters is 3. The van der Waals surface area contributed by atoms with Gasteiger partial charge in [0.25, 0.3) is 0 Å². The molecule has 0 amide bonds. The number of carbonyl (C=O) groups excluding carboxylic acids is 4. The second-order valence-electron chi connectivity index (χ2n) is 5.18. The summed E-state index contributed by atoms with van der Waals surface area (Å²) in [4.78, 5) is 47.7. The van der Waals surface area contributed by atoms with Crippen LogP contribution in [0.15, 0.2) is 11.6 Å². The number of allylic oxidation sites excluding steroid dienone is 2. The molecule has 1 saturated carbocycles. The molecule has 0 radical (unpaired) electrons. The van der Waals surface area contributed by atoms with Crippen LogP contribution in [0.2, 0.25) is 0 Å². The third kappa shape index (κ3) is 2.12. The summed E-state index contributed by atoms with van der Waals surface area (Å²) in [5.41, 5.74) is -0.904. The van der Waals surface area contributed by atoms with Gasteiger partial charge in [0, 0.05) is 5.92 Å². The Labute approximate surface area is 121 Å². The zero-order valence-electron chi connectivity index (χ0n) is 12.0. The van der Waals surface area contributed by atoms with Crippen LogP contribution < -0.4 is 0 Å². The molecule has 2 rings (SSSR count). The lowest BCUT2D eigenvalue weighted by Crippen LogP contribution is -2.40. The van der Waals surface area contributed by atoms with Crippen molar-refractivity contribution in [2.24, 2.45) is 17.3 Å². The highest BCUT2D eigenvalue weighted by Gasteiger charge is 2.60. The molecule has 0 aromatic rings. The Morgan fingerprint density at radius 3 is 2.14 bits per heavy atom. The highest BCUT2D eigenvalue weighted by molar-refractivity contribution is 6.10.